The Morgan fingerprint density at radius 2 is 1.96 bits per heavy atom. The fourth-order valence-corrected chi connectivity index (χ4v) is 3.45. The number of anilines is 1. The third kappa shape index (κ3) is 4.37. The first-order valence-electron chi connectivity index (χ1n) is 9.25. The quantitative estimate of drug-likeness (QED) is 0.690. The van der Waals surface area contributed by atoms with Gasteiger partial charge in [0.1, 0.15) is 11.8 Å². The standard InChI is InChI=1S/C22H23ClN2O3/c1-3-28-17-11-8-16(9-12-17)10-13-21(26)24(2)20-14-15-25(22(20)27)19-7-5-4-6-18(19)23/h4-13,20H,3,14-15H2,1-2H3/b13-10+. The number of nitrogens with zero attached hydrogens (tertiary/aromatic N) is 2. The number of benzene rings is 2. The summed E-state index contributed by atoms with van der Waals surface area (Å²) in [7, 11) is 1.66. The first-order valence-corrected chi connectivity index (χ1v) is 9.62. The van der Waals surface area contributed by atoms with Crippen molar-refractivity contribution in [3.05, 3.63) is 65.2 Å². The molecule has 0 aliphatic carbocycles. The topological polar surface area (TPSA) is 49.9 Å². The number of hydrogen-bond acceptors (Lipinski definition) is 3. The van der Waals surface area contributed by atoms with Crippen molar-refractivity contribution >= 4 is 35.2 Å². The molecule has 0 saturated carbocycles. The van der Waals surface area contributed by atoms with E-state index in [2.05, 4.69) is 0 Å². The highest BCUT2D eigenvalue weighted by atomic mass is 35.5. The molecule has 3 rings (SSSR count). The summed E-state index contributed by atoms with van der Waals surface area (Å²) in [6.45, 7) is 3.08. The van der Waals surface area contributed by atoms with Crippen molar-refractivity contribution in [1.29, 1.82) is 0 Å². The molecule has 6 heteroatoms. The van der Waals surface area contributed by atoms with Gasteiger partial charge in [-0.25, -0.2) is 0 Å². The first-order chi connectivity index (χ1) is 13.5. The SMILES string of the molecule is CCOc1ccc(/C=C/C(=O)N(C)C2CCN(c3ccccc3Cl)C2=O)cc1. The number of carbonyl (C=O) groups is 2. The summed E-state index contributed by atoms with van der Waals surface area (Å²) >= 11 is 6.21. The maximum Gasteiger partial charge on any atom is 0.249 e. The lowest BCUT2D eigenvalue weighted by atomic mass is 10.2. The van der Waals surface area contributed by atoms with Crippen LogP contribution < -0.4 is 9.64 Å². The smallest absolute Gasteiger partial charge is 0.249 e. The van der Waals surface area contributed by atoms with E-state index in [-0.39, 0.29) is 11.8 Å². The van der Waals surface area contributed by atoms with Gasteiger partial charge in [0.05, 0.1) is 17.3 Å². The van der Waals surface area contributed by atoms with Crippen molar-refractivity contribution < 1.29 is 14.3 Å². The van der Waals surface area contributed by atoms with E-state index in [0.717, 1.165) is 11.3 Å². The molecule has 1 fully saturated rings. The molecule has 1 saturated heterocycles. The lowest BCUT2D eigenvalue weighted by Crippen LogP contribution is -2.42. The zero-order chi connectivity index (χ0) is 20.1. The molecule has 5 nitrogen and oxygen atoms in total. The number of rotatable bonds is 6. The second-order valence-electron chi connectivity index (χ2n) is 6.53. The van der Waals surface area contributed by atoms with Crippen LogP contribution in [-0.2, 0) is 9.59 Å². The minimum atomic E-state index is -0.492. The summed E-state index contributed by atoms with van der Waals surface area (Å²) in [6, 6.07) is 14.2. The fourth-order valence-electron chi connectivity index (χ4n) is 3.21. The first kappa shape index (κ1) is 20.0. The Morgan fingerprint density at radius 1 is 1.25 bits per heavy atom. The van der Waals surface area contributed by atoms with E-state index in [4.69, 9.17) is 16.3 Å². The number of ether oxygens (including phenoxy) is 1. The molecule has 0 bridgehead atoms. The summed E-state index contributed by atoms with van der Waals surface area (Å²) in [5.41, 5.74) is 1.57. The molecule has 0 spiro atoms. The van der Waals surface area contributed by atoms with Crippen LogP contribution in [0.3, 0.4) is 0 Å². The Kier molecular flexibility index (Phi) is 6.37. The second-order valence-corrected chi connectivity index (χ2v) is 6.94. The van der Waals surface area contributed by atoms with Crippen LogP contribution in [0.25, 0.3) is 6.08 Å². The maximum atomic E-state index is 12.8. The molecule has 1 atom stereocenters. The molecule has 2 aromatic rings. The number of carbonyl (C=O) groups excluding carboxylic acids is 2. The zero-order valence-corrected chi connectivity index (χ0v) is 16.7. The van der Waals surface area contributed by atoms with Crippen LogP contribution in [-0.4, -0.2) is 43.0 Å². The van der Waals surface area contributed by atoms with Crippen LogP contribution in [0.2, 0.25) is 5.02 Å². The lowest BCUT2D eigenvalue weighted by Gasteiger charge is -2.23. The highest BCUT2D eigenvalue weighted by Gasteiger charge is 2.37. The summed E-state index contributed by atoms with van der Waals surface area (Å²) < 4.78 is 5.41. The monoisotopic (exact) mass is 398 g/mol. The average Bonchev–Trinajstić information content (AvgIpc) is 3.08. The highest BCUT2D eigenvalue weighted by Crippen LogP contribution is 2.30. The third-order valence-electron chi connectivity index (χ3n) is 4.75. The molecule has 146 valence electrons. The zero-order valence-electron chi connectivity index (χ0n) is 16.0. The number of para-hydroxylation sites is 1. The third-order valence-corrected chi connectivity index (χ3v) is 5.06. The predicted octanol–water partition coefficient (Wildman–Crippen LogP) is 4.02. The van der Waals surface area contributed by atoms with Crippen LogP contribution in [0.5, 0.6) is 5.75 Å². The number of amides is 2. The van der Waals surface area contributed by atoms with Gasteiger partial charge in [-0.2, -0.15) is 0 Å². The molecule has 0 aromatic heterocycles. The Bertz CT molecular complexity index is 880. The van der Waals surface area contributed by atoms with Crippen molar-refractivity contribution in [1.82, 2.24) is 4.90 Å². The number of halogens is 1. The van der Waals surface area contributed by atoms with Crippen LogP contribution in [0.4, 0.5) is 5.69 Å². The van der Waals surface area contributed by atoms with Gasteiger partial charge < -0.3 is 14.5 Å². The van der Waals surface area contributed by atoms with Crippen LogP contribution >= 0.6 is 11.6 Å². The van der Waals surface area contributed by atoms with E-state index in [1.54, 1.807) is 24.1 Å². The molecular formula is C22H23ClN2O3. The molecule has 1 aliphatic rings. The van der Waals surface area contributed by atoms with E-state index < -0.39 is 6.04 Å². The van der Waals surface area contributed by atoms with E-state index >= 15 is 0 Å². The van der Waals surface area contributed by atoms with Crippen LogP contribution in [0.15, 0.2) is 54.6 Å². The van der Waals surface area contributed by atoms with Crippen molar-refractivity contribution in [3.63, 3.8) is 0 Å². The fraction of sp³-hybridized carbons (Fsp3) is 0.273. The van der Waals surface area contributed by atoms with Gasteiger partial charge in [-0.3, -0.25) is 9.59 Å². The van der Waals surface area contributed by atoms with Gasteiger partial charge in [0.2, 0.25) is 11.8 Å². The summed E-state index contributed by atoms with van der Waals surface area (Å²) in [4.78, 5) is 28.5. The molecule has 0 radical (unpaired) electrons. The van der Waals surface area contributed by atoms with Gasteiger partial charge in [0.15, 0.2) is 0 Å². The van der Waals surface area contributed by atoms with E-state index in [1.807, 2.05) is 49.4 Å². The van der Waals surface area contributed by atoms with Crippen molar-refractivity contribution in [2.24, 2.45) is 0 Å². The molecule has 0 N–H and O–H groups in total. The van der Waals surface area contributed by atoms with Gasteiger partial charge in [-0.15, -0.1) is 0 Å². The van der Waals surface area contributed by atoms with Crippen molar-refractivity contribution in [3.8, 4) is 5.75 Å². The second kappa shape index (κ2) is 8.93. The lowest BCUT2D eigenvalue weighted by molar-refractivity contribution is -0.132. The highest BCUT2D eigenvalue weighted by molar-refractivity contribution is 6.34. The Morgan fingerprint density at radius 3 is 2.64 bits per heavy atom. The molecule has 1 unspecified atom stereocenters. The molecule has 1 aliphatic heterocycles. The molecule has 2 amide bonds. The minimum Gasteiger partial charge on any atom is -0.494 e. The van der Waals surface area contributed by atoms with E-state index in [9.17, 15) is 9.59 Å². The van der Waals surface area contributed by atoms with Crippen molar-refractivity contribution in [2.75, 3.05) is 25.1 Å². The summed E-state index contributed by atoms with van der Waals surface area (Å²) in [6.07, 6.45) is 3.80. The summed E-state index contributed by atoms with van der Waals surface area (Å²) in [5.74, 6) is 0.464. The van der Waals surface area contributed by atoms with Gasteiger partial charge in [-0.05, 0) is 49.2 Å². The Balaban J connectivity index is 1.65. The van der Waals surface area contributed by atoms with E-state index in [1.165, 1.54) is 11.0 Å². The van der Waals surface area contributed by atoms with Gasteiger partial charge >= 0.3 is 0 Å². The number of hydrogen-bond donors (Lipinski definition) is 0. The van der Waals surface area contributed by atoms with Gasteiger partial charge in [0.25, 0.3) is 0 Å². The Hall–Kier alpha value is -2.79. The van der Waals surface area contributed by atoms with Crippen molar-refractivity contribution in [2.45, 2.75) is 19.4 Å². The van der Waals surface area contributed by atoms with Crippen LogP contribution in [0.1, 0.15) is 18.9 Å². The maximum absolute atomic E-state index is 12.8. The van der Waals surface area contributed by atoms with Gasteiger partial charge in [0, 0.05) is 19.7 Å². The molecule has 1 heterocycles. The minimum absolute atomic E-state index is 0.113. The molecule has 2 aromatic carbocycles. The average molecular weight is 399 g/mol. The predicted molar refractivity (Wildman–Crippen MR) is 112 cm³/mol. The molecule has 28 heavy (non-hydrogen) atoms. The summed E-state index contributed by atoms with van der Waals surface area (Å²) in [5, 5.41) is 0.529. The molecular weight excluding hydrogens is 376 g/mol. The normalized spacial score (nSPS) is 16.6. The van der Waals surface area contributed by atoms with E-state index in [0.29, 0.717) is 30.3 Å². The number of likely N-dealkylation sites (N-methyl/N-ethyl adjacent to an activating group) is 1. The largest absolute Gasteiger partial charge is 0.494 e. The van der Waals surface area contributed by atoms with Gasteiger partial charge in [-0.1, -0.05) is 35.9 Å². The van der Waals surface area contributed by atoms with Crippen LogP contribution in [0, 0.1) is 0 Å². The Labute approximate surface area is 170 Å².